The van der Waals surface area contributed by atoms with E-state index in [2.05, 4.69) is 10.6 Å². The molecule has 126 valence electrons. The van der Waals surface area contributed by atoms with Crippen LogP contribution in [0, 0.1) is 5.82 Å². The number of amides is 2. The number of nitrogens with one attached hydrogen (secondary N) is 2. The number of hydrogen-bond acceptors (Lipinski definition) is 2. The number of hydrogen-bond donors (Lipinski definition) is 2. The van der Waals surface area contributed by atoms with Gasteiger partial charge in [0, 0.05) is 12.1 Å². The van der Waals surface area contributed by atoms with Crippen LogP contribution in [0.25, 0.3) is 0 Å². The molecule has 2 aromatic carbocycles. The van der Waals surface area contributed by atoms with Gasteiger partial charge in [-0.05, 0) is 42.2 Å². The fourth-order valence-electron chi connectivity index (χ4n) is 2.32. The zero-order valence-corrected chi connectivity index (χ0v) is 13.6. The van der Waals surface area contributed by atoms with E-state index in [0.717, 1.165) is 23.2 Å². The first-order valence-electron chi connectivity index (χ1n) is 7.97. The van der Waals surface area contributed by atoms with Crippen LogP contribution in [0.3, 0.4) is 0 Å². The van der Waals surface area contributed by atoms with Crippen molar-refractivity contribution in [3.63, 3.8) is 0 Å². The summed E-state index contributed by atoms with van der Waals surface area (Å²) in [6.45, 7) is 1.95. The number of aryl methyl sites for hydroxylation is 2. The highest BCUT2D eigenvalue weighted by Crippen LogP contribution is 2.14. The molecule has 0 aromatic heterocycles. The molecule has 2 N–H and O–H groups in total. The van der Waals surface area contributed by atoms with Gasteiger partial charge in [0.1, 0.15) is 5.82 Å². The minimum atomic E-state index is -0.299. The zero-order chi connectivity index (χ0) is 17.4. The summed E-state index contributed by atoms with van der Waals surface area (Å²) in [5.41, 5.74) is 2.70. The van der Waals surface area contributed by atoms with Crippen molar-refractivity contribution in [1.29, 1.82) is 0 Å². The number of rotatable bonds is 7. The lowest BCUT2D eigenvalue weighted by atomic mass is 10.1. The molecular weight excluding hydrogens is 307 g/mol. The molecule has 0 bridgehead atoms. The predicted molar refractivity (Wildman–Crippen MR) is 92.2 cm³/mol. The van der Waals surface area contributed by atoms with Crippen LogP contribution in [0.1, 0.15) is 24.5 Å². The van der Waals surface area contributed by atoms with Gasteiger partial charge >= 0.3 is 0 Å². The van der Waals surface area contributed by atoms with Gasteiger partial charge in [-0.15, -0.1) is 0 Å². The topological polar surface area (TPSA) is 58.2 Å². The Morgan fingerprint density at radius 2 is 1.71 bits per heavy atom. The normalized spacial score (nSPS) is 10.2. The van der Waals surface area contributed by atoms with Gasteiger partial charge in [0.05, 0.1) is 6.54 Å². The van der Waals surface area contributed by atoms with E-state index in [1.54, 1.807) is 12.1 Å². The molecule has 0 atom stereocenters. The average Bonchev–Trinajstić information content (AvgIpc) is 2.60. The van der Waals surface area contributed by atoms with Gasteiger partial charge < -0.3 is 10.6 Å². The van der Waals surface area contributed by atoms with Crippen LogP contribution >= 0.6 is 0 Å². The Hall–Kier alpha value is -2.69. The summed E-state index contributed by atoms with van der Waals surface area (Å²) in [5, 5.41) is 5.40. The summed E-state index contributed by atoms with van der Waals surface area (Å²) >= 11 is 0. The van der Waals surface area contributed by atoms with Gasteiger partial charge in [0.15, 0.2) is 0 Å². The molecule has 0 saturated carbocycles. The largest absolute Gasteiger partial charge is 0.347 e. The van der Waals surface area contributed by atoms with Crippen LogP contribution in [-0.4, -0.2) is 18.4 Å². The Morgan fingerprint density at radius 3 is 2.42 bits per heavy atom. The molecule has 0 unspecified atom stereocenters. The molecule has 2 rings (SSSR count). The third kappa shape index (κ3) is 5.50. The molecule has 2 amide bonds. The first kappa shape index (κ1) is 17.7. The van der Waals surface area contributed by atoms with Crippen LogP contribution in [-0.2, 0) is 22.4 Å². The van der Waals surface area contributed by atoms with Crippen molar-refractivity contribution in [3.05, 3.63) is 65.5 Å². The number of anilines is 1. The predicted octanol–water partition coefficient (Wildman–Crippen LogP) is 3.08. The zero-order valence-electron chi connectivity index (χ0n) is 13.6. The first-order chi connectivity index (χ1) is 11.6. The lowest BCUT2D eigenvalue weighted by molar-refractivity contribution is -0.124. The van der Waals surface area contributed by atoms with Crippen molar-refractivity contribution in [2.45, 2.75) is 26.2 Å². The maximum atomic E-state index is 12.8. The average molecular weight is 328 g/mol. The minimum absolute atomic E-state index is 0.0691. The number of carbonyl (C=O) groups excluding carboxylic acids is 2. The molecule has 0 saturated heterocycles. The third-order valence-corrected chi connectivity index (χ3v) is 3.67. The maximum absolute atomic E-state index is 12.8. The van der Waals surface area contributed by atoms with Crippen molar-refractivity contribution in [2.24, 2.45) is 0 Å². The second-order valence-electron chi connectivity index (χ2n) is 5.46. The molecule has 0 radical (unpaired) electrons. The van der Waals surface area contributed by atoms with Gasteiger partial charge in [-0.1, -0.05) is 37.3 Å². The summed E-state index contributed by atoms with van der Waals surface area (Å²) in [5.74, 6) is -0.767. The van der Waals surface area contributed by atoms with E-state index >= 15 is 0 Å². The fraction of sp³-hybridized carbons (Fsp3) is 0.263. The fourth-order valence-corrected chi connectivity index (χ4v) is 2.32. The maximum Gasteiger partial charge on any atom is 0.243 e. The Kier molecular flexibility index (Phi) is 6.49. The van der Waals surface area contributed by atoms with Crippen molar-refractivity contribution >= 4 is 17.5 Å². The van der Waals surface area contributed by atoms with E-state index in [9.17, 15) is 14.0 Å². The molecular formula is C19H21FN2O2. The summed E-state index contributed by atoms with van der Waals surface area (Å²) in [6, 6.07) is 13.6. The molecule has 0 spiro atoms. The highest BCUT2D eigenvalue weighted by atomic mass is 19.1. The van der Waals surface area contributed by atoms with Crippen LogP contribution < -0.4 is 10.6 Å². The van der Waals surface area contributed by atoms with Crippen molar-refractivity contribution in [2.75, 3.05) is 11.9 Å². The standard InChI is InChI=1S/C19H21FN2O2/c1-2-15-5-3-4-6-17(15)22-19(24)13-21-18(23)12-9-14-7-10-16(20)11-8-14/h3-8,10-11H,2,9,12-13H2,1H3,(H,21,23)(H,22,24). The van der Waals surface area contributed by atoms with Gasteiger partial charge in [0.2, 0.25) is 11.8 Å². The molecule has 0 aliphatic rings. The lowest BCUT2D eigenvalue weighted by Crippen LogP contribution is -2.33. The molecule has 24 heavy (non-hydrogen) atoms. The molecule has 2 aromatic rings. The van der Waals surface area contributed by atoms with Gasteiger partial charge in [-0.3, -0.25) is 9.59 Å². The Morgan fingerprint density at radius 1 is 1.00 bits per heavy atom. The van der Waals surface area contributed by atoms with Gasteiger partial charge in [-0.2, -0.15) is 0 Å². The molecule has 5 heteroatoms. The highest BCUT2D eigenvalue weighted by molar-refractivity contribution is 5.95. The Balaban J connectivity index is 1.74. The second kappa shape index (κ2) is 8.82. The monoisotopic (exact) mass is 328 g/mol. The van der Waals surface area contributed by atoms with E-state index < -0.39 is 0 Å². The summed E-state index contributed by atoms with van der Waals surface area (Å²) in [7, 11) is 0. The number of benzene rings is 2. The lowest BCUT2D eigenvalue weighted by Gasteiger charge is -2.10. The number of halogens is 1. The molecule has 0 fully saturated rings. The van der Waals surface area contributed by atoms with Crippen molar-refractivity contribution in [3.8, 4) is 0 Å². The van der Waals surface area contributed by atoms with E-state index in [4.69, 9.17) is 0 Å². The third-order valence-electron chi connectivity index (χ3n) is 3.67. The highest BCUT2D eigenvalue weighted by Gasteiger charge is 2.08. The van der Waals surface area contributed by atoms with E-state index in [1.807, 2.05) is 31.2 Å². The van der Waals surface area contributed by atoms with Gasteiger partial charge in [-0.25, -0.2) is 4.39 Å². The molecule has 0 aliphatic heterocycles. The van der Waals surface area contributed by atoms with Crippen LogP contribution in [0.15, 0.2) is 48.5 Å². The Bertz CT molecular complexity index is 699. The van der Waals surface area contributed by atoms with E-state index in [0.29, 0.717) is 6.42 Å². The summed E-state index contributed by atoms with van der Waals surface area (Å²) < 4.78 is 12.8. The minimum Gasteiger partial charge on any atom is -0.347 e. The molecule has 0 aliphatic carbocycles. The Labute approximate surface area is 141 Å². The van der Waals surface area contributed by atoms with Crippen molar-refractivity contribution in [1.82, 2.24) is 5.32 Å². The van der Waals surface area contributed by atoms with Gasteiger partial charge in [0.25, 0.3) is 0 Å². The smallest absolute Gasteiger partial charge is 0.243 e. The SMILES string of the molecule is CCc1ccccc1NC(=O)CNC(=O)CCc1ccc(F)cc1. The molecule has 0 heterocycles. The van der Waals surface area contributed by atoms with E-state index in [-0.39, 0.29) is 30.6 Å². The summed E-state index contributed by atoms with van der Waals surface area (Å²) in [4.78, 5) is 23.7. The van der Waals surface area contributed by atoms with Crippen LogP contribution in [0.4, 0.5) is 10.1 Å². The quantitative estimate of drug-likeness (QED) is 0.820. The molecule has 4 nitrogen and oxygen atoms in total. The van der Waals surface area contributed by atoms with Crippen LogP contribution in [0.5, 0.6) is 0 Å². The first-order valence-corrected chi connectivity index (χ1v) is 7.97. The van der Waals surface area contributed by atoms with Crippen molar-refractivity contribution < 1.29 is 14.0 Å². The second-order valence-corrected chi connectivity index (χ2v) is 5.46. The summed E-state index contributed by atoms with van der Waals surface area (Å²) in [6.07, 6.45) is 1.58. The number of carbonyl (C=O) groups is 2. The van der Waals surface area contributed by atoms with Crippen LogP contribution in [0.2, 0.25) is 0 Å². The number of para-hydroxylation sites is 1. The van der Waals surface area contributed by atoms with E-state index in [1.165, 1.54) is 12.1 Å².